The number of likely N-dealkylation sites (N-methyl/N-ethyl adjacent to an activating group) is 1. The number of aromatic nitrogens is 1. The Morgan fingerprint density at radius 2 is 1.92 bits per heavy atom. The second kappa shape index (κ2) is 7.85. The van der Waals surface area contributed by atoms with E-state index in [9.17, 15) is 4.79 Å². The van der Waals surface area contributed by atoms with E-state index in [1.165, 1.54) is 0 Å². The summed E-state index contributed by atoms with van der Waals surface area (Å²) in [6.45, 7) is 4.87. The number of para-hydroxylation sites is 1. The van der Waals surface area contributed by atoms with Crippen molar-refractivity contribution in [3.63, 3.8) is 0 Å². The van der Waals surface area contributed by atoms with Gasteiger partial charge in [0.15, 0.2) is 0 Å². The molecule has 1 N–H and O–H groups in total. The average Bonchev–Trinajstić information content (AvgIpc) is 2.59. The lowest BCUT2D eigenvalue weighted by Gasteiger charge is -2.18. The van der Waals surface area contributed by atoms with Gasteiger partial charge < -0.3 is 5.32 Å². The first-order valence-electron chi connectivity index (χ1n) is 8.53. The lowest BCUT2D eigenvalue weighted by molar-refractivity contribution is -0.117. The number of carbonyl (C=O) groups is 1. The van der Waals surface area contributed by atoms with Gasteiger partial charge in [-0.15, -0.1) is 0 Å². The highest BCUT2D eigenvalue weighted by Gasteiger charge is 2.12. The van der Waals surface area contributed by atoms with Gasteiger partial charge in [-0.2, -0.15) is 0 Å². The van der Waals surface area contributed by atoms with E-state index in [4.69, 9.17) is 11.6 Å². The molecule has 0 aliphatic rings. The molecule has 3 rings (SSSR count). The van der Waals surface area contributed by atoms with E-state index in [0.29, 0.717) is 11.7 Å². The quantitative estimate of drug-likeness (QED) is 0.671. The molecular weight excluding hydrogens is 346 g/mol. The van der Waals surface area contributed by atoms with Gasteiger partial charge in [0.1, 0.15) is 5.15 Å². The molecule has 26 heavy (non-hydrogen) atoms. The molecule has 2 aromatic carbocycles. The van der Waals surface area contributed by atoms with Gasteiger partial charge in [0.25, 0.3) is 0 Å². The fourth-order valence-electron chi connectivity index (χ4n) is 2.92. The monoisotopic (exact) mass is 367 g/mol. The Morgan fingerprint density at radius 1 is 1.15 bits per heavy atom. The van der Waals surface area contributed by atoms with E-state index in [2.05, 4.69) is 10.3 Å². The van der Waals surface area contributed by atoms with Gasteiger partial charge in [-0.05, 0) is 50.2 Å². The van der Waals surface area contributed by atoms with Crippen LogP contribution in [0.25, 0.3) is 10.9 Å². The molecule has 5 heteroatoms. The van der Waals surface area contributed by atoms with Gasteiger partial charge in [-0.25, -0.2) is 4.98 Å². The number of hydrogen-bond acceptors (Lipinski definition) is 3. The summed E-state index contributed by atoms with van der Waals surface area (Å²) in [7, 11) is 1.90. The molecule has 0 saturated heterocycles. The van der Waals surface area contributed by atoms with E-state index in [1.54, 1.807) is 0 Å². The van der Waals surface area contributed by atoms with Crippen molar-refractivity contribution in [2.75, 3.05) is 18.9 Å². The fourth-order valence-corrected chi connectivity index (χ4v) is 3.12. The number of pyridine rings is 1. The Kier molecular flexibility index (Phi) is 5.55. The molecule has 1 amide bonds. The van der Waals surface area contributed by atoms with Crippen molar-refractivity contribution in [3.05, 3.63) is 70.4 Å². The third-order valence-electron chi connectivity index (χ3n) is 4.48. The number of fused-ring (bicyclic) bond motifs is 1. The summed E-state index contributed by atoms with van der Waals surface area (Å²) in [5, 5.41) is 4.50. The van der Waals surface area contributed by atoms with E-state index < -0.39 is 0 Å². The summed E-state index contributed by atoms with van der Waals surface area (Å²) in [5.41, 5.74) is 4.88. The molecule has 0 saturated carbocycles. The molecule has 0 bridgehead atoms. The van der Waals surface area contributed by atoms with Crippen molar-refractivity contribution < 1.29 is 4.79 Å². The molecule has 1 heterocycles. The number of nitrogens with zero attached hydrogens (tertiary/aromatic N) is 2. The van der Waals surface area contributed by atoms with Crippen LogP contribution in [-0.4, -0.2) is 29.4 Å². The van der Waals surface area contributed by atoms with Crippen LogP contribution in [0.2, 0.25) is 5.15 Å². The third-order valence-corrected chi connectivity index (χ3v) is 4.81. The number of nitrogens with one attached hydrogen (secondary N) is 1. The number of anilines is 1. The van der Waals surface area contributed by atoms with Crippen LogP contribution >= 0.6 is 11.6 Å². The largest absolute Gasteiger partial charge is 0.325 e. The van der Waals surface area contributed by atoms with Crippen LogP contribution in [0, 0.1) is 13.8 Å². The van der Waals surface area contributed by atoms with Crippen LogP contribution in [0.1, 0.15) is 16.7 Å². The van der Waals surface area contributed by atoms with Gasteiger partial charge in [0.2, 0.25) is 5.91 Å². The molecule has 0 radical (unpaired) electrons. The van der Waals surface area contributed by atoms with E-state index >= 15 is 0 Å². The smallest absolute Gasteiger partial charge is 0.238 e. The van der Waals surface area contributed by atoms with Gasteiger partial charge >= 0.3 is 0 Å². The lowest BCUT2D eigenvalue weighted by Crippen LogP contribution is -2.30. The third kappa shape index (κ3) is 4.21. The first-order valence-corrected chi connectivity index (χ1v) is 8.90. The van der Waals surface area contributed by atoms with Gasteiger partial charge in [0, 0.05) is 23.2 Å². The maximum atomic E-state index is 12.4. The molecule has 0 unspecified atom stereocenters. The number of rotatable bonds is 5. The second-order valence-electron chi connectivity index (χ2n) is 6.60. The van der Waals surface area contributed by atoms with E-state index in [-0.39, 0.29) is 12.5 Å². The Balaban J connectivity index is 1.67. The summed E-state index contributed by atoms with van der Waals surface area (Å²) in [5.74, 6) is -0.0499. The number of carbonyl (C=O) groups excluding carboxylic acids is 1. The average molecular weight is 368 g/mol. The number of aryl methyl sites for hydroxylation is 1. The summed E-state index contributed by atoms with van der Waals surface area (Å²) in [6.07, 6.45) is 0. The lowest BCUT2D eigenvalue weighted by atomic mass is 10.1. The Hall–Kier alpha value is -2.43. The zero-order chi connectivity index (χ0) is 18.7. The summed E-state index contributed by atoms with van der Waals surface area (Å²) in [6, 6.07) is 15.8. The van der Waals surface area contributed by atoms with Crippen LogP contribution < -0.4 is 5.32 Å². The highest BCUT2D eigenvalue weighted by Crippen LogP contribution is 2.22. The maximum Gasteiger partial charge on any atom is 0.238 e. The van der Waals surface area contributed by atoms with E-state index in [1.807, 2.05) is 74.3 Å². The first kappa shape index (κ1) is 18.4. The number of halogens is 1. The molecule has 134 valence electrons. The van der Waals surface area contributed by atoms with Crippen molar-refractivity contribution >= 4 is 34.1 Å². The zero-order valence-corrected chi connectivity index (χ0v) is 16.0. The molecule has 0 aliphatic carbocycles. The Labute approximate surface area is 158 Å². The van der Waals surface area contributed by atoms with Crippen molar-refractivity contribution in [1.29, 1.82) is 0 Å². The van der Waals surface area contributed by atoms with Gasteiger partial charge in [-0.3, -0.25) is 9.69 Å². The van der Waals surface area contributed by atoms with Crippen LogP contribution in [-0.2, 0) is 11.3 Å². The molecule has 0 atom stereocenters. The van der Waals surface area contributed by atoms with Crippen LogP contribution in [0.15, 0.2) is 48.5 Å². The SMILES string of the molecule is Cc1cccc(NC(=O)CN(C)Cc2cc3ccccc3nc2Cl)c1C. The van der Waals surface area contributed by atoms with Crippen LogP contribution in [0.3, 0.4) is 0 Å². The van der Waals surface area contributed by atoms with Gasteiger partial charge in [0.05, 0.1) is 12.1 Å². The number of hydrogen-bond donors (Lipinski definition) is 1. The molecule has 3 aromatic rings. The predicted molar refractivity (Wildman–Crippen MR) is 108 cm³/mol. The highest BCUT2D eigenvalue weighted by molar-refractivity contribution is 6.30. The standard InChI is InChI=1S/C21H22ClN3O/c1-14-7-6-10-18(15(14)2)23-20(26)13-25(3)12-17-11-16-8-4-5-9-19(16)24-21(17)22/h4-11H,12-13H2,1-3H3,(H,23,26). The fraction of sp³-hybridized carbons (Fsp3) is 0.238. The molecule has 0 spiro atoms. The molecular formula is C21H22ClN3O. The van der Waals surface area contributed by atoms with Crippen molar-refractivity contribution in [2.45, 2.75) is 20.4 Å². The van der Waals surface area contributed by atoms with Gasteiger partial charge in [-0.1, -0.05) is 41.9 Å². The topological polar surface area (TPSA) is 45.2 Å². The molecule has 1 aromatic heterocycles. The minimum Gasteiger partial charge on any atom is -0.325 e. The zero-order valence-electron chi connectivity index (χ0n) is 15.2. The van der Waals surface area contributed by atoms with E-state index in [0.717, 1.165) is 33.3 Å². The van der Waals surface area contributed by atoms with Crippen LogP contribution in [0.4, 0.5) is 5.69 Å². The Bertz CT molecular complexity index is 955. The molecule has 4 nitrogen and oxygen atoms in total. The van der Waals surface area contributed by atoms with Crippen molar-refractivity contribution in [2.24, 2.45) is 0 Å². The van der Waals surface area contributed by atoms with Crippen LogP contribution in [0.5, 0.6) is 0 Å². The minimum atomic E-state index is -0.0499. The summed E-state index contributed by atoms with van der Waals surface area (Å²) >= 11 is 6.31. The summed E-state index contributed by atoms with van der Waals surface area (Å²) in [4.78, 5) is 18.7. The number of benzene rings is 2. The second-order valence-corrected chi connectivity index (χ2v) is 6.96. The predicted octanol–water partition coefficient (Wildman–Crippen LogP) is 4.58. The highest BCUT2D eigenvalue weighted by atomic mass is 35.5. The minimum absolute atomic E-state index is 0.0499. The van der Waals surface area contributed by atoms with Crippen molar-refractivity contribution in [1.82, 2.24) is 9.88 Å². The molecule has 0 aliphatic heterocycles. The summed E-state index contributed by atoms with van der Waals surface area (Å²) < 4.78 is 0. The molecule has 0 fully saturated rings. The Morgan fingerprint density at radius 3 is 2.73 bits per heavy atom. The number of amides is 1. The first-order chi connectivity index (χ1) is 12.4. The normalized spacial score (nSPS) is 11.1. The maximum absolute atomic E-state index is 12.4. The van der Waals surface area contributed by atoms with Crippen molar-refractivity contribution in [3.8, 4) is 0 Å².